The molecule has 1 aromatic carbocycles. The number of amides is 1. The van der Waals surface area contributed by atoms with E-state index in [9.17, 15) is 13.2 Å². The van der Waals surface area contributed by atoms with Gasteiger partial charge in [0.2, 0.25) is 15.9 Å². The van der Waals surface area contributed by atoms with E-state index in [0.717, 1.165) is 5.56 Å². The van der Waals surface area contributed by atoms with Crippen molar-refractivity contribution < 1.29 is 13.2 Å². The van der Waals surface area contributed by atoms with Gasteiger partial charge in [-0.2, -0.15) is 0 Å². The molecule has 1 aliphatic rings. The Bertz CT molecular complexity index is 714. The minimum atomic E-state index is -3.25. The van der Waals surface area contributed by atoms with Crippen molar-refractivity contribution in [3.63, 3.8) is 0 Å². The molecule has 0 aromatic heterocycles. The number of anilines is 2. The van der Waals surface area contributed by atoms with Crippen molar-refractivity contribution in [2.45, 2.75) is 40.2 Å². The Kier molecular flexibility index (Phi) is 6.30. The van der Waals surface area contributed by atoms with Crippen LogP contribution in [0.4, 0.5) is 11.4 Å². The molecule has 1 aliphatic heterocycles. The number of nitrogens with two attached hydrogens (primary N) is 1. The van der Waals surface area contributed by atoms with Crippen LogP contribution in [0.15, 0.2) is 18.2 Å². The van der Waals surface area contributed by atoms with Crippen LogP contribution in [0.25, 0.3) is 0 Å². The van der Waals surface area contributed by atoms with Crippen molar-refractivity contribution in [3.8, 4) is 0 Å². The van der Waals surface area contributed by atoms with E-state index >= 15 is 0 Å². The summed E-state index contributed by atoms with van der Waals surface area (Å²) in [4.78, 5) is 12.2. The zero-order valence-corrected chi connectivity index (χ0v) is 16.1. The number of sulfonamides is 1. The molecule has 0 radical (unpaired) electrons. The van der Waals surface area contributed by atoms with Gasteiger partial charge in [0.05, 0.1) is 17.5 Å². The summed E-state index contributed by atoms with van der Waals surface area (Å²) in [7, 11) is -3.25. The smallest absolute Gasteiger partial charge is 0.241 e. The number of nitrogens with one attached hydrogen (secondary N) is 1. The second-order valence-electron chi connectivity index (χ2n) is 7.08. The van der Waals surface area contributed by atoms with Crippen molar-refractivity contribution in [1.29, 1.82) is 0 Å². The molecule has 1 heterocycles. The van der Waals surface area contributed by atoms with Crippen LogP contribution in [0.1, 0.15) is 32.8 Å². The van der Waals surface area contributed by atoms with Crippen molar-refractivity contribution in [2.75, 3.05) is 21.9 Å². The molecule has 136 valence electrons. The molecular formula is C16H26ClN3O3S. The minimum Gasteiger partial charge on any atom is -0.325 e. The summed E-state index contributed by atoms with van der Waals surface area (Å²) in [5, 5.41) is 2.78. The van der Waals surface area contributed by atoms with Crippen LogP contribution in [-0.4, -0.2) is 32.7 Å². The van der Waals surface area contributed by atoms with Crippen molar-refractivity contribution >= 4 is 39.7 Å². The Labute approximate surface area is 150 Å². The highest BCUT2D eigenvalue weighted by atomic mass is 35.5. The van der Waals surface area contributed by atoms with Gasteiger partial charge in [0.25, 0.3) is 0 Å². The monoisotopic (exact) mass is 375 g/mol. The third-order valence-corrected chi connectivity index (χ3v) is 5.92. The summed E-state index contributed by atoms with van der Waals surface area (Å²) in [6.07, 6.45) is 0.618. The Morgan fingerprint density at radius 1 is 1.33 bits per heavy atom. The molecule has 0 aliphatic carbocycles. The van der Waals surface area contributed by atoms with Crippen molar-refractivity contribution in [3.05, 3.63) is 23.8 Å². The predicted octanol–water partition coefficient (Wildman–Crippen LogP) is 2.27. The van der Waals surface area contributed by atoms with Crippen LogP contribution in [-0.2, 0) is 14.8 Å². The minimum absolute atomic E-state index is 0. The van der Waals surface area contributed by atoms with Gasteiger partial charge in [-0.3, -0.25) is 9.10 Å². The molecule has 24 heavy (non-hydrogen) atoms. The molecule has 6 nitrogen and oxygen atoms in total. The van der Waals surface area contributed by atoms with Crippen LogP contribution in [0, 0.1) is 12.3 Å². The highest BCUT2D eigenvalue weighted by molar-refractivity contribution is 7.93. The summed E-state index contributed by atoms with van der Waals surface area (Å²) < 4.78 is 25.6. The Morgan fingerprint density at radius 2 is 1.96 bits per heavy atom. The molecule has 8 heteroatoms. The number of benzene rings is 1. The average Bonchev–Trinajstić information content (AvgIpc) is 2.78. The first kappa shape index (κ1) is 20.7. The van der Waals surface area contributed by atoms with Gasteiger partial charge in [-0.15, -0.1) is 12.4 Å². The Hall–Kier alpha value is -1.31. The second kappa shape index (κ2) is 7.29. The zero-order chi connectivity index (χ0) is 17.4. The fourth-order valence-electron chi connectivity index (χ4n) is 2.48. The molecule has 0 bridgehead atoms. The van der Waals surface area contributed by atoms with Gasteiger partial charge < -0.3 is 11.1 Å². The third-order valence-electron chi connectivity index (χ3n) is 4.06. The molecular weight excluding hydrogens is 350 g/mol. The van der Waals surface area contributed by atoms with Crippen LogP contribution in [0.5, 0.6) is 0 Å². The lowest BCUT2D eigenvalue weighted by atomic mass is 9.87. The van der Waals surface area contributed by atoms with E-state index < -0.39 is 16.1 Å². The SMILES string of the molecule is Cc1ccc(NC(=O)[C@@H](N)C(C)(C)C)cc1N1CCCS1(=O)=O.Cl. The van der Waals surface area contributed by atoms with Crippen LogP contribution in [0.2, 0.25) is 0 Å². The number of nitrogens with zero attached hydrogens (tertiary/aromatic N) is 1. The number of carbonyl (C=O) groups is 1. The number of carbonyl (C=O) groups excluding carboxylic acids is 1. The lowest BCUT2D eigenvalue weighted by Gasteiger charge is -2.26. The molecule has 1 fully saturated rings. The fraction of sp³-hybridized carbons (Fsp3) is 0.562. The molecule has 0 unspecified atom stereocenters. The summed E-state index contributed by atoms with van der Waals surface area (Å²) in [6.45, 7) is 8.02. The van der Waals surface area contributed by atoms with Crippen LogP contribution >= 0.6 is 12.4 Å². The second-order valence-corrected chi connectivity index (χ2v) is 9.09. The van der Waals surface area contributed by atoms with Crippen molar-refractivity contribution in [2.24, 2.45) is 11.1 Å². The summed E-state index contributed by atoms with van der Waals surface area (Å²) in [5.74, 6) is -0.116. The lowest BCUT2D eigenvalue weighted by molar-refractivity contribution is -0.119. The highest BCUT2D eigenvalue weighted by Crippen LogP contribution is 2.30. The number of hydrogen-bond acceptors (Lipinski definition) is 4. The van der Waals surface area contributed by atoms with Gasteiger partial charge in [0, 0.05) is 12.2 Å². The van der Waals surface area contributed by atoms with E-state index in [2.05, 4.69) is 5.32 Å². The van der Waals surface area contributed by atoms with Gasteiger partial charge >= 0.3 is 0 Å². The number of hydrogen-bond donors (Lipinski definition) is 2. The van der Waals surface area contributed by atoms with Gasteiger partial charge in [0.1, 0.15) is 0 Å². The normalized spacial score (nSPS) is 18.0. The van der Waals surface area contributed by atoms with Crippen molar-refractivity contribution in [1.82, 2.24) is 0 Å². The van der Waals surface area contributed by atoms with Gasteiger partial charge in [0.15, 0.2) is 0 Å². The molecule has 1 saturated heterocycles. The summed E-state index contributed by atoms with van der Waals surface area (Å²) in [6, 6.07) is 4.62. The standard InChI is InChI=1S/C16H25N3O3S.ClH/c1-11-6-7-12(18-15(20)14(17)16(2,3)4)10-13(11)19-8-5-9-23(19,21)22;/h6-7,10,14H,5,8-9,17H2,1-4H3,(H,18,20);1H/t14-;/m1./s1. The molecule has 1 atom stereocenters. The van der Waals surface area contributed by atoms with Gasteiger partial charge in [-0.1, -0.05) is 26.8 Å². The molecule has 1 amide bonds. The first-order valence-electron chi connectivity index (χ1n) is 7.70. The van der Waals surface area contributed by atoms with E-state index in [0.29, 0.717) is 24.3 Å². The highest BCUT2D eigenvalue weighted by Gasteiger charge is 2.30. The number of rotatable bonds is 3. The predicted molar refractivity (Wildman–Crippen MR) is 100 cm³/mol. The zero-order valence-electron chi connectivity index (χ0n) is 14.5. The summed E-state index contributed by atoms with van der Waals surface area (Å²) >= 11 is 0. The lowest BCUT2D eigenvalue weighted by Crippen LogP contribution is -2.45. The Morgan fingerprint density at radius 3 is 2.46 bits per heavy atom. The molecule has 1 aromatic rings. The van der Waals surface area contributed by atoms with Crippen LogP contribution < -0.4 is 15.4 Å². The quantitative estimate of drug-likeness (QED) is 0.847. The number of halogens is 1. The van der Waals surface area contributed by atoms with Gasteiger partial charge in [-0.25, -0.2) is 8.42 Å². The fourth-order valence-corrected chi connectivity index (χ4v) is 4.10. The molecule has 0 spiro atoms. The van der Waals surface area contributed by atoms with Crippen LogP contribution in [0.3, 0.4) is 0 Å². The van der Waals surface area contributed by atoms with Gasteiger partial charge in [-0.05, 0) is 36.5 Å². The topological polar surface area (TPSA) is 92.5 Å². The maximum absolute atomic E-state index is 12.2. The first-order chi connectivity index (χ1) is 10.5. The largest absolute Gasteiger partial charge is 0.325 e. The molecule has 0 saturated carbocycles. The maximum Gasteiger partial charge on any atom is 0.241 e. The Balaban J connectivity index is 0.00000288. The van der Waals surface area contributed by atoms with E-state index in [1.54, 1.807) is 18.2 Å². The van der Waals surface area contributed by atoms with E-state index in [1.807, 2.05) is 27.7 Å². The summed E-state index contributed by atoms with van der Waals surface area (Å²) in [5.41, 5.74) is 7.63. The molecule has 3 N–H and O–H groups in total. The average molecular weight is 376 g/mol. The van der Waals surface area contributed by atoms with E-state index in [1.165, 1.54) is 4.31 Å². The third kappa shape index (κ3) is 4.40. The van der Waals surface area contributed by atoms with E-state index in [4.69, 9.17) is 5.73 Å². The number of aryl methyl sites for hydroxylation is 1. The molecule has 2 rings (SSSR count). The first-order valence-corrected chi connectivity index (χ1v) is 9.31. The van der Waals surface area contributed by atoms with E-state index in [-0.39, 0.29) is 29.5 Å². The maximum atomic E-state index is 12.2.